The van der Waals surface area contributed by atoms with Gasteiger partial charge in [-0.15, -0.1) is 0 Å². The number of anilines is 1. The van der Waals surface area contributed by atoms with E-state index in [9.17, 15) is 23.1 Å². The van der Waals surface area contributed by atoms with Gasteiger partial charge in [-0.1, -0.05) is 44.2 Å². The van der Waals surface area contributed by atoms with E-state index in [4.69, 9.17) is 5.14 Å². The molecular weight excluding hydrogens is 380 g/mol. The zero-order valence-corrected chi connectivity index (χ0v) is 16.2. The predicted molar refractivity (Wildman–Crippen MR) is 104 cm³/mol. The van der Waals surface area contributed by atoms with Gasteiger partial charge in [0, 0.05) is 11.6 Å². The first-order chi connectivity index (χ1) is 13.1. The molecule has 0 aliphatic carbocycles. The van der Waals surface area contributed by atoms with Crippen LogP contribution in [-0.2, 0) is 19.6 Å². The third kappa shape index (κ3) is 3.44. The lowest BCUT2D eigenvalue weighted by Crippen LogP contribution is -2.31. The Morgan fingerprint density at radius 1 is 1.07 bits per heavy atom. The second kappa shape index (κ2) is 7.21. The van der Waals surface area contributed by atoms with Crippen LogP contribution in [0.1, 0.15) is 25.5 Å². The number of aliphatic hydroxyl groups excluding tert-OH is 1. The first-order valence-corrected chi connectivity index (χ1v) is 10.2. The molecule has 1 atom stereocenters. The fourth-order valence-electron chi connectivity index (χ4n) is 3.18. The summed E-state index contributed by atoms with van der Waals surface area (Å²) >= 11 is 0. The summed E-state index contributed by atoms with van der Waals surface area (Å²) in [4.78, 5) is 26.8. The molecule has 28 heavy (non-hydrogen) atoms. The highest BCUT2D eigenvalue weighted by molar-refractivity contribution is 7.89. The number of rotatable bonds is 5. The second-order valence-corrected chi connectivity index (χ2v) is 8.37. The summed E-state index contributed by atoms with van der Waals surface area (Å²) in [7, 11) is -3.89. The van der Waals surface area contributed by atoms with Crippen LogP contribution in [0.4, 0.5) is 5.69 Å². The molecule has 1 amide bonds. The highest BCUT2D eigenvalue weighted by Gasteiger charge is 2.44. The fraction of sp³-hybridized carbons (Fsp3) is 0.200. The van der Waals surface area contributed by atoms with Gasteiger partial charge in [-0.25, -0.2) is 13.6 Å². The Labute approximate surface area is 163 Å². The van der Waals surface area contributed by atoms with Crippen LogP contribution in [0.2, 0.25) is 0 Å². The molecule has 0 saturated carbocycles. The number of sulfonamides is 1. The number of benzene rings is 2. The Bertz CT molecular complexity index is 1060. The molecule has 0 spiro atoms. The topological polar surface area (TPSA) is 118 Å². The number of carbonyl (C=O) groups excluding carboxylic acids is 2. The Hall–Kier alpha value is -2.97. The zero-order chi connectivity index (χ0) is 20.6. The van der Waals surface area contributed by atoms with Gasteiger partial charge in [0.25, 0.3) is 5.91 Å². The smallest absolute Gasteiger partial charge is 0.294 e. The number of primary sulfonamides is 1. The molecule has 1 heterocycles. The summed E-state index contributed by atoms with van der Waals surface area (Å²) in [5.74, 6) is -2.06. The van der Waals surface area contributed by atoms with Crippen molar-refractivity contribution < 1.29 is 23.1 Å². The maximum atomic E-state index is 12.8. The van der Waals surface area contributed by atoms with Crippen molar-refractivity contribution in [3.63, 3.8) is 0 Å². The molecule has 0 saturated heterocycles. The van der Waals surface area contributed by atoms with Gasteiger partial charge in [0.2, 0.25) is 10.0 Å². The lowest BCUT2D eigenvalue weighted by Gasteiger charge is -2.27. The highest BCUT2D eigenvalue weighted by atomic mass is 32.2. The largest absolute Gasteiger partial charge is 0.503 e. The van der Waals surface area contributed by atoms with Crippen molar-refractivity contribution in [2.24, 2.45) is 11.1 Å². The number of nitrogens with zero attached hydrogens (tertiary/aromatic N) is 1. The lowest BCUT2D eigenvalue weighted by molar-refractivity contribution is -0.119. The van der Waals surface area contributed by atoms with Gasteiger partial charge < -0.3 is 5.11 Å². The molecule has 0 radical (unpaired) electrons. The van der Waals surface area contributed by atoms with E-state index in [1.165, 1.54) is 29.2 Å². The van der Waals surface area contributed by atoms with Gasteiger partial charge in [-0.05, 0) is 29.8 Å². The zero-order valence-electron chi connectivity index (χ0n) is 15.4. The summed E-state index contributed by atoms with van der Waals surface area (Å²) in [5.41, 5.74) is 1.02. The Morgan fingerprint density at radius 2 is 1.64 bits per heavy atom. The molecular formula is C20H20N2O5S. The molecule has 8 heteroatoms. The number of hydrogen-bond acceptors (Lipinski definition) is 5. The van der Waals surface area contributed by atoms with Gasteiger partial charge in [0.1, 0.15) is 0 Å². The van der Waals surface area contributed by atoms with E-state index >= 15 is 0 Å². The van der Waals surface area contributed by atoms with Crippen molar-refractivity contribution in [1.29, 1.82) is 0 Å². The summed E-state index contributed by atoms with van der Waals surface area (Å²) in [6.07, 6.45) is 0. The third-order valence-electron chi connectivity index (χ3n) is 4.56. The van der Waals surface area contributed by atoms with Gasteiger partial charge in [0.15, 0.2) is 11.5 Å². The first-order valence-electron chi connectivity index (χ1n) is 8.61. The molecule has 7 nitrogen and oxygen atoms in total. The standard InChI is InChI=1S/C20H20N2O5S/c1-12(2)18(23)16-17(13-6-4-3-5-7-13)22(20(25)19(16)24)14-8-10-15(11-9-14)28(21,26)27/h3-12,17,24H,1-2H3,(H2,21,26,27). The van der Waals surface area contributed by atoms with E-state index in [1.807, 2.05) is 0 Å². The number of aliphatic hydroxyl groups is 1. The van der Waals surface area contributed by atoms with Crippen LogP contribution in [0.25, 0.3) is 0 Å². The maximum Gasteiger partial charge on any atom is 0.294 e. The van der Waals surface area contributed by atoms with Crippen molar-refractivity contribution in [2.45, 2.75) is 24.8 Å². The van der Waals surface area contributed by atoms with Crippen LogP contribution in [0, 0.1) is 5.92 Å². The molecule has 3 N–H and O–H groups in total. The summed E-state index contributed by atoms with van der Waals surface area (Å²) in [5, 5.41) is 15.6. The van der Waals surface area contributed by atoms with Crippen molar-refractivity contribution >= 4 is 27.4 Å². The monoisotopic (exact) mass is 400 g/mol. The molecule has 2 aromatic rings. The van der Waals surface area contributed by atoms with Crippen LogP contribution < -0.4 is 10.0 Å². The highest BCUT2D eigenvalue weighted by Crippen LogP contribution is 2.41. The maximum absolute atomic E-state index is 12.8. The van der Waals surface area contributed by atoms with Crippen LogP contribution in [0.15, 0.2) is 70.8 Å². The minimum atomic E-state index is -3.89. The fourth-order valence-corrected chi connectivity index (χ4v) is 3.70. The average Bonchev–Trinajstić information content (AvgIpc) is 2.92. The number of Topliss-reactive ketones (excluding diaryl/α,β-unsaturated/α-hetero) is 1. The minimum Gasteiger partial charge on any atom is -0.503 e. The Balaban J connectivity index is 2.15. The molecule has 0 aromatic heterocycles. The molecule has 146 valence electrons. The van der Waals surface area contributed by atoms with E-state index in [0.29, 0.717) is 11.3 Å². The summed E-state index contributed by atoms with van der Waals surface area (Å²) in [6, 6.07) is 13.4. The van der Waals surface area contributed by atoms with Gasteiger partial charge >= 0.3 is 0 Å². The third-order valence-corrected chi connectivity index (χ3v) is 5.49. The minimum absolute atomic E-state index is 0.0294. The van der Waals surface area contributed by atoms with Crippen LogP contribution in [0.3, 0.4) is 0 Å². The second-order valence-electron chi connectivity index (χ2n) is 6.81. The predicted octanol–water partition coefficient (Wildman–Crippen LogP) is 2.46. The van der Waals surface area contributed by atoms with E-state index in [-0.39, 0.29) is 16.3 Å². The van der Waals surface area contributed by atoms with Crippen molar-refractivity contribution in [3.05, 3.63) is 71.5 Å². The first kappa shape index (κ1) is 19.8. The normalized spacial score (nSPS) is 17.5. The number of nitrogens with two attached hydrogens (primary N) is 1. The quantitative estimate of drug-likeness (QED) is 0.799. The van der Waals surface area contributed by atoms with Crippen LogP contribution in [-0.4, -0.2) is 25.2 Å². The average molecular weight is 400 g/mol. The number of amides is 1. The summed E-state index contributed by atoms with van der Waals surface area (Å²) < 4.78 is 23.0. The van der Waals surface area contributed by atoms with Gasteiger partial charge in [-0.3, -0.25) is 14.5 Å². The molecule has 1 aliphatic heterocycles. The van der Waals surface area contributed by atoms with Crippen molar-refractivity contribution in [3.8, 4) is 0 Å². The number of hydrogen-bond donors (Lipinski definition) is 2. The summed E-state index contributed by atoms with van der Waals surface area (Å²) in [6.45, 7) is 3.39. The molecule has 2 aromatic carbocycles. The van der Waals surface area contributed by atoms with E-state index < -0.39 is 33.6 Å². The Kier molecular flexibility index (Phi) is 5.10. The SMILES string of the molecule is CC(C)C(=O)C1=C(O)C(=O)N(c2ccc(S(N)(=O)=O)cc2)C1c1ccccc1. The lowest BCUT2D eigenvalue weighted by atomic mass is 9.91. The molecule has 0 fully saturated rings. The van der Waals surface area contributed by atoms with Gasteiger partial charge in [0.05, 0.1) is 16.5 Å². The number of ketones is 1. The molecule has 3 rings (SSSR count). The van der Waals surface area contributed by atoms with E-state index in [1.54, 1.807) is 44.2 Å². The van der Waals surface area contributed by atoms with Crippen LogP contribution in [0.5, 0.6) is 0 Å². The van der Waals surface area contributed by atoms with Gasteiger partial charge in [-0.2, -0.15) is 0 Å². The number of carbonyl (C=O) groups is 2. The molecule has 0 bridgehead atoms. The molecule has 1 aliphatic rings. The Morgan fingerprint density at radius 3 is 2.14 bits per heavy atom. The molecule has 1 unspecified atom stereocenters. The van der Waals surface area contributed by atoms with E-state index in [0.717, 1.165) is 0 Å². The van der Waals surface area contributed by atoms with Crippen molar-refractivity contribution in [1.82, 2.24) is 0 Å². The van der Waals surface area contributed by atoms with E-state index in [2.05, 4.69) is 0 Å². The van der Waals surface area contributed by atoms with Crippen molar-refractivity contribution in [2.75, 3.05) is 4.90 Å². The van der Waals surface area contributed by atoms with Crippen LogP contribution >= 0.6 is 0 Å².